The summed E-state index contributed by atoms with van der Waals surface area (Å²) in [5, 5.41) is 2.91. The normalized spacial score (nSPS) is 15.1. The first-order chi connectivity index (χ1) is 14.6. The molecular formula is C22H25F2N5O. The van der Waals surface area contributed by atoms with Gasteiger partial charge in [0.1, 0.15) is 0 Å². The molecule has 30 heavy (non-hydrogen) atoms. The zero-order valence-corrected chi connectivity index (χ0v) is 16.7. The van der Waals surface area contributed by atoms with E-state index < -0.39 is 6.43 Å². The van der Waals surface area contributed by atoms with E-state index in [0.29, 0.717) is 23.1 Å². The molecule has 0 aliphatic carbocycles. The average Bonchev–Trinajstić information content (AvgIpc) is 3.21. The summed E-state index contributed by atoms with van der Waals surface area (Å²) in [5.74, 6) is -0.589. The summed E-state index contributed by atoms with van der Waals surface area (Å²) in [4.78, 5) is 23.6. The molecule has 2 aromatic carbocycles. The number of anilines is 1. The number of nitrogens with zero attached hydrogens (tertiary/aromatic N) is 3. The van der Waals surface area contributed by atoms with Crippen LogP contribution in [0.5, 0.6) is 0 Å². The molecule has 1 aliphatic heterocycles. The minimum atomic E-state index is -2.66. The Kier molecular flexibility index (Phi) is 6.23. The van der Waals surface area contributed by atoms with E-state index in [9.17, 15) is 13.6 Å². The van der Waals surface area contributed by atoms with Crippen LogP contribution in [-0.2, 0) is 0 Å². The Hall–Kier alpha value is -3.00. The number of para-hydroxylation sites is 1. The van der Waals surface area contributed by atoms with Gasteiger partial charge < -0.3 is 15.2 Å². The minimum absolute atomic E-state index is 0.209. The third kappa shape index (κ3) is 4.76. The van der Waals surface area contributed by atoms with Crippen molar-refractivity contribution in [2.45, 2.75) is 12.8 Å². The number of aromatic amines is 1. The van der Waals surface area contributed by atoms with Crippen molar-refractivity contribution in [2.24, 2.45) is 0 Å². The SMILES string of the molecule is O=C(NCCCN1CCN(c2ccccc2)CC1)c1ccc2nc(C(F)F)[nH]c2c1. The monoisotopic (exact) mass is 413 g/mol. The van der Waals surface area contributed by atoms with E-state index >= 15 is 0 Å². The lowest BCUT2D eigenvalue weighted by Gasteiger charge is -2.36. The quantitative estimate of drug-likeness (QED) is 0.583. The van der Waals surface area contributed by atoms with Crippen LogP contribution in [0, 0.1) is 0 Å². The van der Waals surface area contributed by atoms with Crippen molar-refractivity contribution in [3.05, 3.63) is 59.9 Å². The number of alkyl halides is 2. The van der Waals surface area contributed by atoms with Crippen molar-refractivity contribution in [2.75, 3.05) is 44.2 Å². The van der Waals surface area contributed by atoms with Crippen molar-refractivity contribution in [3.8, 4) is 0 Å². The highest BCUT2D eigenvalue weighted by molar-refractivity contribution is 5.97. The van der Waals surface area contributed by atoms with Gasteiger partial charge in [0.25, 0.3) is 12.3 Å². The van der Waals surface area contributed by atoms with Crippen LogP contribution < -0.4 is 10.2 Å². The molecule has 8 heteroatoms. The number of carbonyl (C=O) groups is 1. The second kappa shape index (κ2) is 9.21. The summed E-state index contributed by atoms with van der Waals surface area (Å²) in [6.45, 7) is 5.52. The average molecular weight is 413 g/mol. The van der Waals surface area contributed by atoms with Crippen LogP contribution in [0.2, 0.25) is 0 Å². The number of aromatic nitrogens is 2. The number of halogens is 2. The standard InChI is InChI=1S/C22H25F2N5O/c23-20(24)21-26-18-8-7-16(15-19(18)27-21)22(30)25-9-4-10-28-11-13-29(14-12-28)17-5-2-1-3-6-17/h1-3,5-8,15,20H,4,9-14H2,(H,25,30)(H,26,27). The number of rotatable bonds is 7. The Labute approximate surface area is 173 Å². The first-order valence-electron chi connectivity index (χ1n) is 10.2. The number of hydrogen-bond donors (Lipinski definition) is 2. The molecule has 1 saturated heterocycles. The molecule has 0 unspecified atom stereocenters. The topological polar surface area (TPSA) is 64.3 Å². The van der Waals surface area contributed by atoms with Gasteiger partial charge in [0.2, 0.25) is 0 Å². The Morgan fingerprint density at radius 3 is 2.60 bits per heavy atom. The lowest BCUT2D eigenvalue weighted by atomic mass is 10.2. The molecule has 2 N–H and O–H groups in total. The molecule has 1 fully saturated rings. The van der Waals surface area contributed by atoms with E-state index in [4.69, 9.17) is 0 Å². The fraction of sp³-hybridized carbons (Fsp3) is 0.364. The van der Waals surface area contributed by atoms with Crippen LogP contribution in [0.4, 0.5) is 14.5 Å². The molecule has 4 rings (SSSR count). The molecule has 0 spiro atoms. The maximum atomic E-state index is 12.8. The van der Waals surface area contributed by atoms with Gasteiger partial charge in [-0.25, -0.2) is 13.8 Å². The smallest absolute Gasteiger partial charge is 0.295 e. The van der Waals surface area contributed by atoms with Gasteiger partial charge in [0.05, 0.1) is 11.0 Å². The lowest BCUT2D eigenvalue weighted by Crippen LogP contribution is -2.47. The first kappa shape index (κ1) is 20.3. The highest BCUT2D eigenvalue weighted by Gasteiger charge is 2.17. The first-order valence-corrected chi connectivity index (χ1v) is 10.2. The summed E-state index contributed by atoms with van der Waals surface area (Å²) < 4.78 is 25.5. The van der Waals surface area contributed by atoms with Crippen LogP contribution in [0.25, 0.3) is 11.0 Å². The number of H-pyrrole nitrogens is 1. The molecule has 1 aromatic heterocycles. The molecule has 158 valence electrons. The summed E-state index contributed by atoms with van der Waals surface area (Å²) in [5.41, 5.74) is 2.56. The number of amides is 1. The van der Waals surface area contributed by atoms with Crippen molar-refractivity contribution in [1.29, 1.82) is 0 Å². The number of hydrogen-bond acceptors (Lipinski definition) is 4. The maximum absolute atomic E-state index is 12.8. The van der Waals surface area contributed by atoms with E-state index in [1.165, 1.54) is 5.69 Å². The van der Waals surface area contributed by atoms with Crippen molar-refractivity contribution >= 4 is 22.6 Å². The summed E-state index contributed by atoms with van der Waals surface area (Å²) in [6, 6.07) is 15.2. The van der Waals surface area contributed by atoms with Gasteiger partial charge in [-0.1, -0.05) is 18.2 Å². The number of fused-ring (bicyclic) bond motifs is 1. The zero-order valence-electron chi connectivity index (χ0n) is 16.7. The molecule has 1 amide bonds. The van der Waals surface area contributed by atoms with Gasteiger partial charge in [0, 0.05) is 44.0 Å². The summed E-state index contributed by atoms with van der Waals surface area (Å²) >= 11 is 0. The van der Waals surface area contributed by atoms with Crippen LogP contribution in [0.1, 0.15) is 29.0 Å². The van der Waals surface area contributed by atoms with E-state index in [-0.39, 0.29) is 11.7 Å². The number of benzene rings is 2. The largest absolute Gasteiger partial charge is 0.369 e. The van der Waals surface area contributed by atoms with E-state index in [2.05, 4.69) is 49.4 Å². The van der Waals surface area contributed by atoms with Gasteiger partial charge >= 0.3 is 0 Å². The zero-order chi connectivity index (χ0) is 20.9. The van der Waals surface area contributed by atoms with Gasteiger partial charge in [0.15, 0.2) is 5.82 Å². The number of imidazole rings is 1. The van der Waals surface area contributed by atoms with Gasteiger partial charge in [-0.3, -0.25) is 9.69 Å². The van der Waals surface area contributed by atoms with Crippen molar-refractivity contribution in [3.63, 3.8) is 0 Å². The Bertz CT molecular complexity index is 984. The molecule has 0 atom stereocenters. The number of piperazine rings is 1. The van der Waals surface area contributed by atoms with Gasteiger partial charge in [-0.2, -0.15) is 0 Å². The lowest BCUT2D eigenvalue weighted by molar-refractivity contribution is 0.0951. The van der Waals surface area contributed by atoms with Crippen LogP contribution in [0.15, 0.2) is 48.5 Å². The van der Waals surface area contributed by atoms with Crippen LogP contribution in [0.3, 0.4) is 0 Å². The minimum Gasteiger partial charge on any atom is -0.369 e. The van der Waals surface area contributed by atoms with Crippen molar-refractivity contribution < 1.29 is 13.6 Å². The Morgan fingerprint density at radius 1 is 1.10 bits per heavy atom. The Balaban J connectivity index is 1.20. The molecular weight excluding hydrogens is 388 g/mol. The summed E-state index contributed by atoms with van der Waals surface area (Å²) in [7, 11) is 0. The maximum Gasteiger partial charge on any atom is 0.295 e. The predicted molar refractivity (Wildman–Crippen MR) is 113 cm³/mol. The number of carbonyl (C=O) groups excluding carboxylic acids is 1. The second-order valence-electron chi connectivity index (χ2n) is 7.43. The van der Waals surface area contributed by atoms with E-state index in [1.807, 2.05) is 6.07 Å². The fourth-order valence-corrected chi connectivity index (χ4v) is 3.75. The third-order valence-electron chi connectivity index (χ3n) is 5.40. The molecule has 0 radical (unpaired) electrons. The molecule has 1 aliphatic rings. The Morgan fingerprint density at radius 2 is 1.87 bits per heavy atom. The third-order valence-corrected chi connectivity index (χ3v) is 5.40. The number of nitrogens with one attached hydrogen (secondary N) is 2. The molecule has 0 saturated carbocycles. The van der Waals surface area contributed by atoms with Gasteiger partial charge in [-0.15, -0.1) is 0 Å². The molecule has 2 heterocycles. The molecule has 6 nitrogen and oxygen atoms in total. The van der Waals surface area contributed by atoms with Crippen LogP contribution >= 0.6 is 0 Å². The summed E-state index contributed by atoms with van der Waals surface area (Å²) in [6.07, 6.45) is -1.80. The second-order valence-corrected chi connectivity index (χ2v) is 7.43. The highest BCUT2D eigenvalue weighted by atomic mass is 19.3. The molecule has 3 aromatic rings. The van der Waals surface area contributed by atoms with E-state index in [0.717, 1.165) is 39.1 Å². The van der Waals surface area contributed by atoms with Crippen molar-refractivity contribution in [1.82, 2.24) is 20.2 Å². The van der Waals surface area contributed by atoms with E-state index in [1.54, 1.807) is 18.2 Å². The van der Waals surface area contributed by atoms with Crippen LogP contribution in [-0.4, -0.2) is 60.0 Å². The predicted octanol–water partition coefficient (Wildman–Crippen LogP) is 3.44. The van der Waals surface area contributed by atoms with Gasteiger partial charge in [-0.05, 0) is 43.3 Å². The fourth-order valence-electron chi connectivity index (χ4n) is 3.75. The highest BCUT2D eigenvalue weighted by Crippen LogP contribution is 2.20. The molecule has 0 bridgehead atoms.